The average molecular weight is 381 g/mol. The van der Waals surface area contributed by atoms with Crippen molar-refractivity contribution in [3.63, 3.8) is 0 Å². The van der Waals surface area contributed by atoms with Gasteiger partial charge in [-0.2, -0.15) is 5.26 Å². The lowest BCUT2D eigenvalue weighted by Crippen LogP contribution is -2.23. The van der Waals surface area contributed by atoms with E-state index in [2.05, 4.69) is 15.0 Å². The van der Waals surface area contributed by atoms with Crippen LogP contribution in [0.25, 0.3) is 27.6 Å². The molecule has 0 aliphatic carbocycles. The number of nitriles is 1. The summed E-state index contributed by atoms with van der Waals surface area (Å²) in [6.07, 6.45) is 2.01. The van der Waals surface area contributed by atoms with Crippen LogP contribution in [-0.2, 0) is 9.84 Å². The third kappa shape index (κ3) is 2.40. The molecule has 3 aromatic heterocycles. The number of aryl methyl sites for hydroxylation is 1. The van der Waals surface area contributed by atoms with Gasteiger partial charge in [0.15, 0.2) is 0 Å². The molecule has 0 aliphatic heterocycles. The van der Waals surface area contributed by atoms with Crippen LogP contribution in [0.4, 0.5) is 0 Å². The molecule has 0 bridgehead atoms. The summed E-state index contributed by atoms with van der Waals surface area (Å²) in [5.74, 6) is 0. The van der Waals surface area contributed by atoms with Gasteiger partial charge in [0, 0.05) is 6.26 Å². The van der Waals surface area contributed by atoms with Crippen molar-refractivity contribution in [1.82, 2.24) is 19.4 Å². The predicted molar refractivity (Wildman–Crippen MR) is 97.5 cm³/mol. The molecule has 0 radical (unpaired) electrons. The quantitative estimate of drug-likeness (QED) is 0.290. The molecule has 27 heavy (non-hydrogen) atoms. The zero-order valence-electron chi connectivity index (χ0n) is 14.1. The van der Waals surface area contributed by atoms with Crippen molar-refractivity contribution in [2.75, 3.05) is 6.26 Å². The number of H-pyrrole nitrogens is 1. The Morgan fingerprint density at radius 3 is 2.67 bits per heavy atom. The van der Waals surface area contributed by atoms with E-state index in [1.165, 1.54) is 0 Å². The molecule has 1 aromatic carbocycles. The van der Waals surface area contributed by atoms with E-state index in [1.807, 2.05) is 6.92 Å². The molecule has 4 rings (SSSR count). The highest BCUT2D eigenvalue weighted by molar-refractivity contribution is 7.90. The normalized spacial score (nSPS) is 11.9. The van der Waals surface area contributed by atoms with Crippen molar-refractivity contribution in [3.05, 3.63) is 56.1 Å². The lowest BCUT2D eigenvalue weighted by atomic mass is 10.1. The van der Waals surface area contributed by atoms with E-state index in [9.17, 15) is 23.3 Å². The predicted octanol–water partition coefficient (Wildman–Crippen LogP) is 0.668. The van der Waals surface area contributed by atoms with Crippen molar-refractivity contribution in [3.8, 4) is 6.07 Å². The molecule has 0 saturated carbocycles. The van der Waals surface area contributed by atoms with Crippen LogP contribution in [-0.4, -0.2) is 34.0 Å². The highest BCUT2D eigenvalue weighted by Crippen LogP contribution is 2.17. The van der Waals surface area contributed by atoms with Crippen LogP contribution in [0.3, 0.4) is 0 Å². The van der Waals surface area contributed by atoms with Crippen LogP contribution in [0, 0.1) is 18.3 Å². The van der Waals surface area contributed by atoms with Crippen molar-refractivity contribution in [2.24, 2.45) is 0 Å². The molecule has 0 spiro atoms. The first-order valence-electron chi connectivity index (χ1n) is 7.70. The largest absolute Gasteiger partial charge is 0.339 e. The maximum absolute atomic E-state index is 13.1. The second-order valence-corrected chi connectivity index (χ2v) is 8.05. The van der Waals surface area contributed by atoms with Gasteiger partial charge in [0.1, 0.15) is 22.8 Å². The topological polar surface area (TPSA) is 138 Å². The van der Waals surface area contributed by atoms with Crippen molar-refractivity contribution < 1.29 is 8.42 Å². The van der Waals surface area contributed by atoms with Gasteiger partial charge in [0.2, 0.25) is 20.4 Å². The van der Waals surface area contributed by atoms with E-state index in [4.69, 9.17) is 0 Å². The first-order chi connectivity index (χ1) is 12.7. The average Bonchev–Trinajstić information content (AvgIpc) is 2.61. The van der Waals surface area contributed by atoms with Crippen LogP contribution in [0.15, 0.2) is 39.1 Å². The summed E-state index contributed by atoms with van der Waals surface area (Å²) in [7, 11) is -3.77. The minimum atomic E-state index is -3.77. The van der Waals surface area contributed by atoms with E-state index < -0.39 is 26.0 Å². The van der Waals surface area contributed by atoms with E-state index in [0.29, 0.717) is 10.9 Å². The third-order valence-electron chi connectivity index (χ3n) is 4.20. The zero-order valence-corrected chi connectivity index (χ0v) is 15.0. The molecule has 9 nitrogen and oxygen atoms in total. The number of benzene rings is 1. The second kappa shape index (κ2) is 5.46. The second-order valence-electron chi connectivity index (χ2n) is 6.14. The van der Waals surface area contributed by atoms with Crippen LogP contribution in [0.2, 0.25) is 0 Å². The molecule has 0 atom stereocenters. The number of aromatic nitrogens is 4. The summed E-state index contributed by atoms with van der Waals surface area (Å²) in [6, 6.07) is 6.93. The first-order valence-corrected chi connectivity index (χ1v) is 9.60. The highest BCUT2D eigenvalue weighted by atomic mass is 32.2. The Labute approximate surface area is 151 Å². The van der Waals surface area contributed by atoms with Gasteiger partial charge in [-0.05, 0) is 19.1 Å². The number of hydrogen-bond donors (Lipinski definition) is 1. The Morgan fingerprint density at radius 2 is 2.00 bits per heavy atom. The fraction of sp³-hybridized carbons (Fsp3) is 0.118. The van der Waals surface area contributed by atoms with Gasteiger partial charge in [-0.1, -0.05) is 11.6 Å². The Balaban J connectivity index is 2.36. The summed E-state index contributed by atoms with van der Waals surface area (Å²) in [4.78, 5) is 36.3. The standard InChI is InChI=1S/C17H11N5O4S/c1-8-3-4-11-9(5-8)16(24)22-12-7-19-17(27(2,25)26)21-13(12)14(23)10(6-18)15(22)20-11/h3-5,7,20H,1-2H3. The summed E-state index contributed by atoms with van der Waals surface area (Å²) < 4.78 is 24.6. The van der Waals surface area contributed by atoms with Gasteiger partial charge in [-0.3, -0.25) is 14.0 Å². The van der Waals surface area contributed by atoms with E-state index in [-0.39, 0.29) is 22.2 Å². The van der Waals surface area contributed by atoms with Gasteiger partial charge in [0.05, 0.1) is 22.6 Å². The van der Waals surface area contributed by atoms with Crippen molar-refractivity contribution in [2.45, 2.75) is 12.1 Å². The molecule has 0 amide bonds. The number of pyridine rings is 1. The number of aromatic amines is 1. The van der Waals surface area contributed by atoms with Gasteiger partial charge >= 0.3 is 0 Å². The Bertz CT molecular complexity index is 1560. The van der Waals surface area contributed by atoms with Crippen molar-refractivity contribution in [1.29, 1.82) is 5.26 Å². The molecule has 10 heteroatoms. The fourth-order valence-corrected chi connectivity index (χ4v) is 3.45. The minimum Gasteiger partial charge on any atom is -0.339 e. The van der Waals surface area contributed by atoms with E-state index in [0.717, 1.165) is 22.4 Å². The minimum absolute atomic E-state index is 0.00654. The molecule has 134 valence electrons. The molecule has 0 saturated heterocycles. The van der Waals surface area contributed by atoms with Crippen molar-refractivity contribution >= 4 is 37.4 Å². The number of nitrogens with one attached hydrogen (secondary N) is 1. The molecular formula is C17H11N5O4S. The van der Waals surface area contributed by atoms with Crippen LogP contribution in [0.1, 0.15) is 11.1 Å². The Hall–Kier alpha value is -3.58. The number of nitrogens with zero attached hydrogens (tertiary/aromatic N) is 4. The fourth-order valence-electron chi connectivity index (χ4n) is 2.95. The zero-order chi connectivity index (χ0) is 19.5. The first kappa shape index (κ1) is 16.9. The SMILES string of the molecule is Cc1ccc2[nH]c3c(C#N)c(=O)c4nc(S(C)(=O)=O)ncc4n3c(=O)c2c1. The van der Waals surface area contributed by atoms with Gasteiger partial charge in [0.25, 0.3) is 5.56 Å². The Morgan fingerprint density at radius 1 is 1.26 bits per heavy atom. The van der Waals surface area contributed by atoms with Gasteiger partial charge in [-0.15, -0.1) is 0 Å². The van der Waals surface area contributed by atoms with Gasteiger partial charge < -0.3 is 4.98 Å². The maximum Gasteiger partial charge on any atom is 0.266 e. The molecule has 0 unspecified atom stereocenters. The molecule has 0 aliphatic rings. The molecule has 0 fully saturated rings. The smallest absolute Gasteiger partial charge is 0.266 e. The van der Waals surface area contributed by atoms with Crippen LogP contribution < -0.4 is 11.0 Å². The number of hydrogen-bond acceptors (Lipinski definition) is 7. The Kier molecular flexibility index (Phi) is 3.41. The molecule has 1 N–H and O–H groups in total. The van der Waals surface area contributed by atoms with Gasteiger partial charge in [-0.25, -0.2) is 18.4 Å². The summed E-state index contributed by atoms with van der Waals surface area (Å²) in [5, 5.41) is 9.26. The molecular weight excluding hydrogens is 370 g/mol. The third-order valence-corrected chi connectivity index (χ3v) is 5.06. The maximum atomic E-state index is 13.1. The number of rotatable bonds is 1. The summed E-state index contributed by atoms with van der Waals surface area (Å²) in [6.45, 7) is 1.83. The lowest BCUT2D eigenvalue weighted by Gasteiger charge is -2.10. The highest BCUT2D eigenvalue weighted by Gasteiger charge is 2.20. The van der Waals surface area contributed by atoms with Crippen LogP contribution in [0.5, 0.6) is 0 Å². The number of fused-ring (bicyclic) bond motifs is 4. The number of sulfone groups is 1. The summed E-state index contributed by atoms with van der Waals surface area (Å²) in [5.41, 5.74) is -0.541. The van der Waals surface area contributed by atoms with E-state index in [1.54, 1.807) is 24.3 Å². The van der Waals surface area contributed by atoms with Crippen LogP contribution >= 0.6 is 0 Å². The molecule has 3 heterocycles. The molecule has 4 aromatic rings. The van der Waals surface area contributed by atoms with E-state index >= 15 is 0 Å². The lowest BCUT2D eigenvalue weighted by molar-refractivity contribution is 0.593. The summed E-state index contributed by atoms with van der Waals surface area (Å²) >= 11 is 0. The monoisotopic (exact) mass is 381 g/mol.